The smallest absolute Gasteiger partial charge is 0.200 e. The molecule has 3 rings (SSSR count). The summed E-state index contributed by atoms with van der Waals surface area (Å²) in [6.45, 7) is 4.24. The van der Waals surface area contributed by atoms with Crippen molar-refractivity contribution in [3.8, 4) is 5.75 Å². The maximum atomic E-state index is 14.2. The van der Waals surface area contributed by atoms with Crippen LogP contribution in [0.2, 0.25) is 0 Å². The van der Waals surface area contributed by atoms with Crippen LogP contribution in [-0.2, 0) is 17.6 Å². The highest BCUT2D eigenvalue weighted by atomic mass is 19.2. The molecule has 1 heterocycles. The topological polar surface area (TPSA) is 18.5 Å². The van der Waals surface area contributed by atoms with Crippen molar-refractivity contribution >= 4 is 0 Å². The molecule has 4 heteroatoms. The molecule has 2 nitrogen and oxygen atoms in total. The maximum Gasteiger partial charge on any atom is 0.200 e. The van der Waals surface area contributed by atoms with Gasteiger partial charge in [-0.05, 0) is 61.8 Å². The van der Waals surface area contributed by atoms with E-state index in [0.717, 1.165) is 31.2 Å². The lowest BCUT2D eigenvalue weighted by Gasteiger charge is -2.14. The van der Waals surface area contributed by atoms with Gasteiger partial charge in [0.05, 0.1) is 18.8 Å². The molecule has 0 N–H and O–H groups in total. The van der Waals surface area contributed by atoms with Gasteiger partial charge in [0.15, 0.2) is 11.6 Å². The molecule has 2 unspecified atom stereocenters. The van der Waals surface area contributed by atoms with Crippen LogP contribution < -0.4 is 4.74 Å². The first-order chi connectivity index (χ1) is 13.1. The van der Waals surface area contributed by atoms with Gasteiger partial charge in [0, 0.05) is 0 Å². The third-order valence-corrected chi connectivity index (χ3v) is 5.18. The summed E-state index contributed by atoms with van der Waals surface area (Å²) >= 11 is 0. The minimum Gasteiger partial charge on any atom is -0.491 e. The average molecular weight is 374 g/mol. The molecule has 2 aromatic carbocycles. The Balaban J connectivity index is 1.59. The number of hydrogen-bond acceptors (Lipinski definition) is 2. The Hall–Kier alpha value is -1.94. The second kappa shape index (κ2) is 9.32. The lowest BCUT2D eigenvalue weighted by molar-refractivity contribution is 0.0396. The van der Waals surface area contributed by atoms with Crippen molar-refractivity contribution in [3.63, 3.8) is 0 Å². The van der Waals surface area contributed by atoms with Crippen molar-refractivity contribution in [2.24, 2.45) is 0 Å². The van der Waals surface area contributed by atoms with E-state index < -0.39 is 11.6 Å². The summed E-state index contributed by atoms with van der Waals surface area (Å²) in [4.78, 5) is 0. The highest BCUT2D eigenvalue weighted by Crippen LogP contribution is 2.34. The Morgan fingerprint density at radius 2 is 1.74 bits per heavy atom. The van der Waals surface area contributed by atoms with Crippen LogP contribution in [0.15, 0.2) is 36.4 Å². The Labute approximate surface area is 160 Å². The molecule has 27 heavy (non-hydrogen) atoms. The number of ether oxygens (including phenoxy) is 2. The van der Waals surface area contributed by atoms with E-state index in [9.17, 15) is 8.78 Å². The van der Waals surface area contributed by atoms with E-state index in [1.165, 1.54) is 11.6 Å². The van der Waals surface area contributed by atoms with Crippen molar-refractivity contribution in [1.82, 2.24) is 0 Å². The van der Waals surface area contributed by atoms with E-state index in [-0.39, 0.29) is 11.9 Å². The van der Waals surface area contributed by atoms with Crippen molar-refractivity contribution in [3.05, 3.63) is 64.7 Å². The van der Waals surface area contributed by atoms with E-state index in [1.54, 1.807) is 13.0 Å². The van der Waals surface area contributed by atoms with Gasteiger partial charge in [-0.3, -0.25) is 0 Å². The van der Waals surface area contributed by atoms with Gasteiger partial charge >= 0.3 is 0 Å². The highest BCUT2D eigenvalue weighted by Gasteiger charge is 2.25. The summed E-state index contributed by atoms with van der Waals surface area (Å²) in [5, 5.41) is 0. The van der Waals surface area contributed by atoms with Gasteiger partial charge in [-0.25, -0.2) is 4.39 Å². The number of benzene rings is 2. The van der Waals surface area contributed by atoms with Crippen LogP contribution in [0.1, 0.15) is 62.3 Å². The van der Waals surface area contributed by atoms with Gasteiger partial charge in [0.1, 0.15) is 0 Å². The zero-order valence-electron chi connectivity index (χ0n) is 16.1. The summed E-state index contributed by atoms with van der Waals surface area (Å²) in [5.41, 5.74) is 2.69. The predicted molar refractivity (Wildman–Crippen MR) is 103 cm³/mol. The summed E-state index contributed by atoms with van der Waals surface area (Å²) in [6, 6.07) is 11.4. The third-order valence-electron chi connectivity index (χ3n) is 5.18. The molecule has 1 aliphatic heterocycles. The zero-order chi connectivity index (χ0) is 19.2. The molecule has 0 aliphatic carbocycles. The fourth-order valence-corrected chi connectivity index (χ4v) is 3.69. The minimum atomic E-state index is -0.898. The van der Waals surface area contributed by atoms with Crippen LogP contribution in [-0.4, -0.2) is 12.7 Å². The molecule has 1 saturated heterocycles. The molecule has 2 atom stereocenters. The number of rotatable bonds is 8. The fourth-order valence-electron chi connectivity index (χ4n) is 3.69. The van der Waals surface area contributed by atoms with Gasteiger partial charge in [-0.1, -0.05) is 43.7 Å². The van der Waals surface area contributed by atoms with Crippen LogP contribution in [0.5, 0.6) is 5.75 Å². The molecular formula is C23H28F2O2. The van der Waals surface area contributed by atoms with E-state index in [4.69, 9.17) is 9.47 Å². The van der Waals surface area contributed by atoms with Crippen molar-refractivity contribution < 1.29 is 18.3 Å². The first-order valence-electron chi connectivity index (χ1n) is 9.96. The molecule has 1 aliphatic rings. The average Bonchev–Trinajstić information content (AvgIpc) is 3.14. The minimum absolute atomic E-state index is 0.0268. The number of aryl methyl sites for hydroxylation is 2. The molecule has 0 aromatic heterocycles. The highest BCUT2D eigenvalue weighted by molar-refractivity contribution is 5.32. The number of halogens is 2. The Morgan fingerprint density at radius 1 is 0.963 bits per heavy atom. The van der Waals surface area contributed by atoms with Crippen molar-refractivity contribution in [1.29, 1.82) is 0 Å². The maximum absolute atomic E-state index is 14.2. The van der Waals surface area contributed by atoms with Crippen LogP contribution in [0.4, 0.5) is 8.78 Å². The summed E-state index contributed by atoms with van der Waals surface area (Å²) in [5.74, 6) is -1.73. The Kier molecular flexibility index (Phi) is 6.84. The number of hydrogen-bond donors (Lipinski definition) is 0. The lowest BCUT2D eigenvalue weighted by Crippen LogP contribution is -2.05. The first-order valence-corrected chi connectivity index (χ1v) is 9.96. The molecule has 0 radical (unpaired) electrons. The quantitative estimate of drug-likeness (QED) is 0.550. The molecular weight excluding hydrogens is 346 g/mol. The second-order valence-electron chi connectivity index (χ2n) is 7.14. The molecule has 0 amide bonds. The van der Waals surface area contributed by atoms with E-state index in [1.807, 2.05) is 0 Å². The summed E-state index contributed by atoms with van der Waals surface area (Å²) in [6.07, 6.45) is 6.16. The standard InChI is InChI=1S/C23H28F2O2/c1-3-5-19-13-15-20(27-19)17-9-6-16(7-10-17)8-11-18-12-14-21(26-4-2)23(25)22(18)24/h6-7,9-10,12,14,19-20H,3-5,8,11,13,15H2,1-2H3. The molecule has 0 spiro atoms. The Morgan fingerprint density at radius 3 is 2.44 bits per heavy atom. The molecule has 2 aromatic rings. The second-order valence-corrected chi connectivity index (χ2v) is 7.14. The van der Waals surface area contributed by atoms with Gasteiger partial charge in [0.25, 0.3) is 0 Å². The van der Waals surface area contributed by atoms with Crippen molar-refractivity contribution in [2.75, 3.05) is 6.61 Å². The lowest BCUT2D eigenvalue weighted by atomic mass is 10.00. The zero-order valence-corrected chi connectivity index (χ0v) is 16.1. The fraction of sp³-hybridized carbons (Fsp3) is 0.478. The van der Waals surface area contributed by atoms with Gasteiger partial charge in [0.2, 0.25) is 5.82 Å². The third kappa shape index (κ3) is 4.86. The first kappa shape index (κ1) is 19.8. The largest absolute Gasteiger partial charge is 0.491 e. The molecule has 146 valence electrons. The summed E-state index contributed by atoms with van der Waals surface area (Å²) < 4.78 is 39.4. The van der Waals surface area contributed by atoms with Crippen LogP contribution in [0, 0.1) is 11.6 Å². The monoisotopic (exact) mass is 374 g/mol. The van der Waals surface area contributed by atoms with E-state index in [2.05, 4.69) is 31.2 Å². The van der Waals surface area contributed by atoms with Crippen molar-refractivity contribution in [2.45, 2.75) is 64.6 Å². The molecule has 0 saturated carbocycles. The van der Waals surface area contributed by atoms with Gasteiger partial charge in [-0.15, -0.1) is 0 Å². The van der Waals surface area contributed by atoms with E-state index >= 15 is 0 Å². The molecule has 1 fully saturated rings. The van der Waals surface area contributed by atoms with Crippen LogP contribution in [0.3, 0.4) is 0 Å². The van der Waals surface area contributed by atoms with Crippen LogP contribution >= 0.6 is 0 Å². The van der Waals surface area contributed by atoms with Gasteiger partial charge in [-0.2, -0.15) is 4.39 Å². The van der Waals surface area contributed by atoms with Crippen LogP contribution in [0.25, 0.3) is 0 Å². The SMILES string of the molecule is CCCC1CCC(c2ccc(CCc3ccc(OCC)c(F)c3F)cc2)O1. The normalized spacial score (nSPS) is 19.4. The Bertz CT molecular complexity index is 743. The summed E-state index contributed by atoms with van der Waals surface area (Å²) in [7, 11) is 0. The predicted octanol–water partition coefficient (Wildman–Crippen LogP) is 6.17. The van der Waals surface area contributed by atoms with Gasteiger partial charge < -0.3 is 9.47 Å². The van der Waals surface area contributed by atoms with E-state index in [0.29, 0.717) is 31.1 Å². The molecule has 0 bridgehead atoms.